The number of likely N-dealkylation sites (tertiary alicyclic amines) is 1. The Kier molecular flexibility index (Phi) is 6.52. The maximum absolute atomic E-state index is 12.6. The Balaban J connectivity index is 1.45. The van der Waals surface area contributed by atoms with Crippen molar-refractivity contribution in [1.82, 2.24) is 15.2 Å². The van der Waals surface area contributed by atoms with Crippen LogP contribution in [0, 0.1) is 12.8 Å². The first-order valence-corrected chi connectivity index (χ1v) is 9.30. The van der Waals surface area contributed by atoms with Crippen LogP contribution in [0.3, 0.4) is 0 Å². The fourth-order valence-electron chi connectivity index (χ4n) is 3.27. The maximum Gasteiger partial charge on any atom is 0.276 e. The molecule has 0 aliphatic carbocycles. The van der Waals surface area contributed by atoms with E-state index in [-0.39, 0.29) is 24.3 Å². The van der Waals surface area contributed by atoms with Crippen LogP contribution in [0.25, 0.3) is 0 Å². The van der Waals surface area contributed by atoms with Crippen LogP contribution in [0.1, 0.15) is 29.1 Å². The second-order valence-corrected chi connectivity index (χ2v) is 6.76. The lowest BCUT2D eigenvalue weighted by Crippen LogP contribution is -2.44. The Hall–Kier alpha value is -3.03. The summed E-state index contributed by atoms with van der Waals surface area (Å²) in [7, 11) is 1.55. The van der Waals surface area contributed by atoms with Crippen molar-refractivity contribution >= 4 is 11.8 Å². The molecule has 28 heavy (non-hydrogen) atoms. The first-order valence-electron chi connectivity index (χ1n) is 9.30. The summed E-state index contributed by atoms with van der Waals surface area (Å²) in [5, 5.41) is 2.89. The fourth-order valence-corrected chi connectivity index (χ4v) is 3.27. The molecule has 2 amide bonds. The number of oxazole rings is 1. The number of benzene rings is 1. The number of rotatable bonds is 7. The minimum absolute atomic E-state index is 0.0894. The Bertz CT molecular complexity index is 820. The van der Waals surface area contributed by atoms with Gasteiger partial charge in [0.2, 0.25) is 0 Å². The van der Waals surface area contributed by atoms with Gasteiger partial charge in [0.25, 0.3) is 11.8 Å². The molecule has 3 rings (SSSR count). The van der Waals surface area contributed by atoms with Crippen LogP contribution in [-0.2, 0) is 4.79 Å². The molecule has 8 heteroatoms. The molecule has 8 nitrogen and oxygen atoms in total. The summed E-state index contributed by atoms with van der Waals surface area (Å²) in [5.41, 5.74) is 0.356. The van der Waals surface area contributed by atoms with E-state index in [0.29, 0.717) is 42.6 Å². The Morgan fingerprint density at radius 1 is 1.32 bits per heavy atom. The van der Waals surface area contributed by atoms with Crippen molar-refractivity contribution in [3.05, 3.63) is 42.1 Å². The number of aromatic nitrogens is 1. The predicted molar refractivity (Wildman–Crippen MR) is 101 cm³/mol. The molecule has 1 fully saturated rings. The highest BCUT2D eigenvalue weighted by molar-refractivity contribution is 5.93. The molecule has 1 aromatic carbocycles. The number of hydrogen-bond acceptors (Lipinski definition) is 6. The monoisotopic (exact) mass is 387 g/mol. The number of hydrogen-bond donors (Lipinski definition) is 1. The van der Waals surface area contributed by atoms with E-state index in [4.69, 9.17) is 13.9 Å². The van der Waals surface area contributed by atoms with E-state index in [2.05, 4.69) is 10.3 Å². The van der Waals surface area contributed by atoms with E-state index >= 15 is 0 Å². The smallest absolute Gasteiger partial charge is 0.276 e. The number of methoxy groups -OCH3 is 1. The second-order valence-electron chi connectivity index (χ2n) is 6.76. The molecule has 0 bridgehead atoms. The number of aryl methyl sites for hydroxylation is 1. The Labute approximate surface area is 163 Å². The zero-order valence-electron chi connectivity index (χ0n) is 16.1. The van der Waals surface area contributed by atoms with Crippen LogP contribution in [0.4, 0.5) is 0 Å². The molecule has 0 spiro atoms. The van der Waals surface area contributed by atoms with Gasteiger partial charge in [-0.05, 0) is 37.8 Å². The molecular weight excluding hydrogens is 362 g/mol. The van der Waals surface area contributed by atoms with Crippen LogP contribution in [0.15, 0.2) is 35.1 Å². The molecule has 1 N–H and O–H groups in total. The number of para-hydroxylation sites is 2. The van der Waals surface area contributed by atoms with Gasteiger partial charge < -0.3 is 24.1 Å². The number of carbonyl (C=O) groups is 2. The van der Waals surface area contributed by atoms with E-state index < -0.39 is 0 Å². The van der Waals surface area contributed by atoms with Gasteiger partial charge in [0, 0.05) is 19.6 Å². The quantitative estimate of drug-likeness (QED) is 0.781. The number of carbonyl (C=O) groups excluding carboxylic acids is 2. The van der Waals surface area contributed by atoms with Gasteiger partial charge in [0.05, 0.1) is 7.11 Å². The van der Waals surface area contributed by atoms with Crippen LogP contribution in [-0.4, -0.2) is 55.0 Å². The van der Waals surface area contributed by atoms with Crippen molar-refractivity contribution in [3.63, 3.8) is 0 Å². The van der Waals surface area contributed by atoms with E-state index in [0.717, 1.165) is 12.8 Å². The van der Waals surface area contributed by atoms with Crippen LogP contribution in [0.2, 0.25) is 0 Å². The van der Waals surface area contributed by atoms with Crippen molar-refractivity contribution in [2.75, 3.05) is 33.4 Å². The first-order chi connectivity index (χ1) is 13.6. The fraction of sp³-hybridized carbons (Fsp3) is 0.450. The van der Waals surface area contributed by atoms with Crippen molar-refractivity contribution < 1.29 is 23.5 Å². The highest BCUT2D eigenvalue weighted by Gasteiger charge is 2.27. The normalized spacial score (nSPS) is 16.5. The lowest BCUT2D eigenvalue weighted by Gasteiger charge is -2.32. The summed E-state index contributed by atoms with van der Waals surface area (Å²) in [6.45, 7) is 3.40. The van der Waals surface area contributed by atoms with Gasteiger partial charge in [-0.2, -0.15) is 0 Å². The van der Waals surface area contributed by atoms with Crippen molar-refractivity contribution in [2.45, 2.75) is 19.8 Å². The lowest BCUT2D eigenvalue weighted by molar-refractivity contribution is -0.123. The number of nitrogens with one attached hydrogen (secondary N) is 1. The number of ether oxygens (including phenoxy) is 2. The second kappa shape index (κ2) is 9.25. The summed E-state index contributed by atoms with van der Waals surface area (Å²) >= 11 is 0. The number of amides is 2. The van der Waals surface area contributed by atoms with Crippen LogP contribution in [0.5, 0.6) is 11.5 Å². The van der Waals surface area contributed by atoms with Gasteiger partial charge in [-0.1, -0.05) is 12.1 Å². The summed E-state index contributed by atoms with van der Waals surface area (Å²) < 4.78 is 15.9. The minimum atomic E-state index is -0.207. The number of piperidine rings is 1. The average Bonchev–Trinajstić information content (AvgIpc) is 3.16. The predicted octanol–water partition coefficient (Wildman–Crippen LogP) is 2.04. The SMILES string of the molecule is COc1ccccc1OCC(=O)NCC1CCCN(C(=O)c2ncoc2C)C1. The van der Waals surface area contributed by atoms with Crippen molar-refractivity contribution in [3.8, 4) is 11.5 Å². The zero-order chi connectivity index (χ0) is 19.9. The molecular formula is C20H25N3O5. The molecule has 1 atom stereocenters. The van der Waals surface area contributed by atoms with Crippen LogP contribution < -0.4 is 14.8 Å². The topological polar surface area (TPSA) is 93.9 Å². The largest absolute Gasteiger partial charge is 0.493 e. The third-order valence-electron chi connectivity index (χ3n) is 4.77. The molecule has 1 aromatic heterocycles. The summed E-state index contributed by atoms with van der Waals surface area (Å²) in [6, 6.07) is 7.18. The molecule has 2 heterocycles. The molecule has 1 aliphatic heterocycles. The highest BCUT2D eigenvalue weighted by Crippen LogP contribution is 2.25. The maximum atomic E-state index is 12.6. The van der Waals surface area contributed by atoms with Gasteiger partial charge in [0.1, 0.15) is 5.76 Å². The molecule has 1 unspecified atom stereocenters. The summed E-state index contributed by atoms with van der Waals surface area (Å²) in [6.07, 6.45) is 3.13. The Morgan fingerprint density at radius 3 is 2.82 bits per heavy atom. The molecule has 2 aromatic rings. The molecule has 1 saturated heterocycles. The zero-order valence-corrected chi connectivity index (χ0v) is 16.1. The van der Waals surface area contributed by atoms with E-state index in [1.807, 2.05) is 12.1 Å². The third-order valence-corrected chi connectivity index (χ3v) is 4.77. The van der Waals surface area contributed by atoms with Crippen LogP contribution >= 0.6 is 0 Å². The van der Waals surface area contributed by atoms with Crippen molar-refractivity contribution in [1.29, 1.82) is 0 Å². The van der Waals surface area contributed by atoms with Gasteiger partial charge in [-0.15, -0.1) is 0 Å². The molecule has 150 valence electrons. The lowest BCUT2D eigenvalue weighted by atomic mass is 9.97. The molecule has 0 radical (unpaired) electrons. The highest BCUT2D eigenvalue weighted by atomic mass is 16.5. The Morgan fingerprint density at radius 2 is 2.11 bits per heavy atom. The molecule has 0 saturated carbocycles. The van der Waals surface area contributed by atoms with E-state index in [1.54, 1.807) is 31.1 Å². The standard InChI is InChI=1S/C20H25N3O5/c1-14-19(22-13-28-14)20(25)23-9-5-6-15(11-23)10-21-18(24)12-27-17-8-4-3-7-16(17)26-2/h3-4,7-8,13,15H,5-6,9-12H2,1-2H3,(H,21,24). The van der Waals surface area contributed by atoms with Crippen molar-refractivity contribution in [2.24, 2.45) is 5.92 Å². The van der Waals surface area contributed by atoms with Gasteiger partial charge in [-0.3, -0.25) is 9.59 Å². The first kappa shape index (κ1) is 19.7. The van der Waals surface area contributed by atoms with E-state index in [1.165, 1.54) is 6.39 Å². The van der Waals surface area contributed by atoms with Gasteiger partial charge >= 0.3 is 0 Å². The van der Waals surface area contributed by atoms with E-state index in [9.17, 15) is 9.59 Å². The van der Waals surface area contributed by atoms with Gasteiger partial charge in [-0.25, -0.2) is 4.98 Å². The van der Waals surface area contributed by atoms with Gasteiger partial charge in [0.15, 0.2) is 30.2 Å². The third kappa shape index (κ3) is 4.82. The number of nitrogens with zero attached hydrogens (tertiary/aromatic N) is 2. The minimum Gasteiger partial charge on any atom is -0.493 e. The molecule has 1 aliphatic rings. The average molecular weight is 387 g/mol. The summed E-state index contributed by atoms with van der Waals surface area (Å²) in [5.74, 6) is 1.50. The summed E-state index contributed by atoms with van der Waals surface area (Å²) in [4.78, 5) is 30.5.